The highest BCUT2D eigenvalue weighted by Crippen LogP contribution is 1.99. The first-order valence-electron chi connectivity index (χ1n) is 5.75. The Morgan fingerprint density at radius 3 is 2.61 bits per heavy atom. The van der Waals surface area contributed by atoms with Gasteiger partial charge in [0.2, 0.25) is 5.78 Å². The van der Waals surface area contributed by atoms with E-state index in [0.29, 0.717) is 13.0 Å². The van der Waals surface area contributed by atoms with Crippen molar-refractivity contribution in [2.24, 2.45) is 5.73 Å². The van der Waals surface area contributed by atoms with Crippen molar-refractivity contribution in [2.45, 2.75) is 25.8 Å². The number of rotatable bonds is 9. The zero-order chi connectivity index (χ0) is 14.0. The summed E-state index contributed by atoms with van der Waals surface area (Å²) in [6.45, 7) is 2.08. The van der Waals surface area contributed by atoms with Crippen LogP contribution in [-0.2, 0) is 19.1 Å². The van der Waals surface area contributed by atoms with E-state index >= 15 is 0 Å². The van der Waals surface area contributed by atoms with Crippen molar-refractivity contribution >= 4 is 29.4 Å². The lowest BCUT2D eigenvalue weighted by molar-refractivity contribution is -0.143. The molecule has 0 fully saturated rings. The van der Waals surface area contributed by atoms with Gasteiger partial charge in [0.25, 0.3) is 5.91 Å². The van der Waals surface area contributed by atoms with Crippen molar-refractivity contribution in [1.82, 2.24) is 5.32 Å². The largest absolute Gasteiger partial charge is 0.466 e. The Morgan fingerprint density at radius 1 is 1.39 bits per heavy atom. The number of ketones is 1. The molecule has 0 aromatic heterocycles. The monoisotopic (exact) mass is 276 g/mol. The van der Waals surface area contributed by atoms with Crippen molar-refractivity contribution in [3.05, 3.63) is 0 Å². The number of Topliss-reactive ketones (excluding diaryl/α,β-unsaturated/α-hetero) is 1. The van der Waals surface area contributed by atoms with Gasteiger partial charge in [-0.3, -0.25) is 14.4 Å². The van der Waals surface area contributed by atoms with Crippen LogP contribution in [-0.4, -0.2) is 48.9 Å². The van der Waals surface area contributed by atoms with E-state index in [9.17, 15) is 14.4 Å². The van der Waals surface area contributed by atoms with Gasteiger partial charge in [-0.15, -0.1) is 0 Å². The second kappa shape index (κ2) is 9.90. The Balaban J connectivity index is 3.87. The van der Waals surface area contributed by atoms with Crippen LogP contribution < -0.4 is 11.1 Å². The number of carbonyl (C=O) groups excluding carboxylic acids is 3. The number of amides is 1. The summed E-state index contributed by atoms with van der Waals surface area (Å²) in [4.78, 5) is 33.9. The van der Waals surface area contributed by atoms with Gasteiger partial charge < -0.3 is 15.8 Å². The molecule has 7 heteroatoms. The van der Waals surface area contributed by atoms with Crippen LogP contribution in [0, 0.1) is 0 Å². The van der Waals surface area contributed by atoms with Crippen LogP contribution in [0.4, 0.5) is 0 Å². The number of carbonyl (C=O) groups is 3. The molecule has 0 radical (unpaired) electrons. The third kappa shape index (κ3) is 7.29. The number of hydrogen-bond acceptors (Lipinski definition) is 6. The molecule has 0 rings (SSSR count). The average Bonchev–Trinajstić information content (AvgIpc) is 2.35. The normalized spacial score (nSPS) is 11.7. The van der Waals surface area contributed by atoms with Gasteiger partial charge in [-0.1, -0.05) is 0 Å². The van der Waals surface area contributed by atoms with Crippen LogP contribution in [0.15, 0.2) is 0 Å². The molecule has 0 aliphatic carbocycles. The SMILES string of the molecule is CCOC(=O)CCNC(=O)C(=O)C(N)CCSC. The molecule has 18 heavy (non-hydrogen) atoms. The zero-order valence-corrected chi connectivity index (χ0v) is 11.5. The molecule has 104 valence electrons. The molecule has 0 spiro atoms. The summed E-state index contributed by atoms with van der Waals surface area (Å²) in [7, 11) is 0. The molecule has 0 aliphatic rings. The molecule has 0 heterocycles. The molecule has 0 aliphatic heterocycles. The molecule has 0 aromatic carbocycles. The Kier molecular flexibility index (Phi) is 9.31. The number of esters is 1. The van der Waals surface area contributed by atoms with Crippen molar-refractivity contribution in [2.75, 3.05) is 25.2 Å². The van der Waals surface area contributed by atoms with Crippen molar-refractivity contribution in [3.8, 4) is 0 Å². The summed E-state index contributed by atoms with van der Waals surface area (Å²) in [6.07, 6.45) is 2.41. The summed E-state index contributed by atoms with van der Waals surface area (Å²) in [5.41, 5.74) is 5.57. The highest BCUT2D eigenvalue weighted by Gasteiger charge is 2.21. The van der Waals surface area contributed by atoms with Crippen LogP contribution >= 0.6 is 11.8 Å². The predicted molar refractivity (Wildman–Crippen MR) is 70.2 cm³/mol. The van der Waals surface area contributed by atoms with E-state index in [1.54, 1.807) is 18.7 Å². The zero-order valence-electron chi connectivity index (χ0n) is 10.7. The van der Waals surface area contributed by atoms with Gasteiger partial charge in [-0.05, 0) is 25.4 Å². The van der Waals surface area contributed by atoms with E-state index in [1.165, 1.54) is 0 Å². The Bertz CT molecular complexity index is 297. The molecule has 6 nitrogen and oxygen atoms in total. The van der Waals surface area contributed by atoms with E-state index in [-0.39, 0.29) is 13.0 Å². The fourth-order valence-corrected chi connectivity index (χ4v) is 1.63. The number of nitrogens with one attached hydrogen (secondary N) is 1. The molecule has 0 aromatic rings. The third-order valence-corrected chi connectivity index (χ3v) is 2.76. The van der Waals surface area contributed by atoms with Crippen molar-refractivity contribution in [1.29, 1.82) is 0 Å². The van der Waals surface area contributed by atoms with Crippen LogP contribution in [0.2, 0.25) is 0 Å². The maximum absolute atomic E-state index is 11.5. The van der Waals surface area contributed by atoms with Gasteiger partial charge in [0.1, 0.15) is 0 Å². The van der Waals surface area contributed by atoms with Crippen LogP contribution in [0.1, 0.15) is 19.8 Å². The van der Waals surface area contributed by atoms with E-state index < -0.39 is 23.7 Å². The average molecular weight is 276 g/mol. The Labute approximate surface area is 111 Å². The van der Waals surface area contributed by atoms with Gasteiger partial charge in [-0.2, -0.15) is 11.8 Å². The molecule has 3 N–H and O–H groups in total. The molecule has 1 unspecified atom stereocenters. The molecule has 1 atom stereocenters. The topological polar surface area (TPSA) is 98.5 Å². The van der Waals surface area contributed by atoms with Gasteiger partial charge in [0.05, 0.1) is 19.1 Å². The Hall–Kier alpha value is -1.08. The second-order valence-corrected chi connectivity index (χ2v) is 4.55. The van der Waals surface area contributed by atoms with Gasteiger partial charge in [0.15, 0.2) is 0 Å². The minimum atomic E-state index is -0.778. The summed E-state index contributed by atoms with van der Waals surface area (Å²) in [5.74, 6) is -1.07. The van der Waals surface area contributed by atoms with Crippen LogP contribution in [0.3, 0.4) is 0 Å². The molecule has 0 saturated heterocycles. The fraction of sp³-hybridized carbons (Fsp3) is 0.727. The lowest BCUT2D eigenvalue weighted by Crippen LogP contribution is -2.43. The molecule has 0 bridgehead atoms. The molecule has 0 saturated carbocycles. The van der Waals surface area contributed by atoms with E-state index in [4.69, 9.17) is 5.73 Å². The minimum absolute atomic E-state index is 0.0485. The lowest BCUT2D eigenvalue weighted by atomic mass is 10.1. The first-order valence-corrected chi connectivity index (χ1v) is 7.14. The van der Waals surface area contributed by atoms with E-state index in [0.717, 1.165) is 5.75 Å². The lowest BCUT2D eigenvalue weighted by Gasteiger charge is -2.09. The Morgan fingerprint density at radius 2 is 2.06 bits per heavy atom. The maximum Gasteiger partial charge on any atom is 0.307 e. The quantitative estimate of drug-likeness (QED) is 0.443. The molecular weight excluding hydrogens is 256 g/mol. The van der Waals surface area contributed by atoms with E-state index in [2.05, 4.69) is 10.1 Å². The van der Waals surface area contributed by atoms with Crippen LogP contribution in [0.5, 0.6) is 0 Å². The van der Waals surface area contributed by atoms with E-state index in [1.807, 2.05) is 6.26 Å². The molecule has 1 amide bonds. The smallest absolute Gasteiger partial charge is 0.307 e. The minimum Gasteiger partial charge on any atom is -0.466 e. The number of thioether (sulfide) groups is 1. The van der Waals surface area contributed by atoms with Gasteiger partial charge in [0, 0.05) is 6.54 Å². The standard InChI is InChI=1S/C11H20N2O4S/c1-3-17-9(14)4-6-13-11(16)10(15)8(12)5-7-18-2/h8H,3-7,12H2,1-2H3,(H,13,16). The summed E-state index contributed by atoms with van der Waals surface area (Å²) >= 11 is 1.56. The summed E-state index contributed by atoms with van der Waals surface area (Å²) in [6, 6.07) is -0.778. The highest BCUT2D eigenvalue weighted by atomic mass is 32.2. The van der Waals surface area contributed by atoms with Crippen molar-refractivity contribution < 1.29 is 19.1 Å². The molecular formula is C11H20N2O4S. The summed E-state index contributed by atoms with van der Waals surface area (Å²) < 4.78 is 4.68. The third-order valence-electron chi connectivity index (χ3n) is 2.11. The van der Waals surface area contributed by atoms with Gasteiger partial charge >= 0.3 is 5.97 Å². The second-order valence-electron chi connectivity index (χ2n) is 3.56. The van der Waals surface area contributed by atoms with Gasteiger partial charge in [-0.25, -0.2) is 0 Å². The first-order chi connectivity index (χ1) is 8.52. The fourth-order valence-electron chi connectivity index (χ4n) is 1.14. The maximum atomic E-state index is 11.5. The number of nitrogens with two attached hydrogens (primary N) is 1. The van der Waals surface area contributed by atoms with Crippen molar-refractivity contribution in [3.63, 3.8) is 0 Å². The number of hydrogen-bond donors (Lipinski definition) is 2. The summed E-state index contributed by atoms with van der Waals surface area (Å²) in [5, 5.41) is 2.35. The number of ether oxygens (including phenoxy) is 1. The first kappa shape index (κ1) is 16.9. The highest BCUT2D eigenvalue weighted by molar-refractivity contribution is 7.98. The predicted octanol–water partition coefficient (Wildman–Crippen LogP) is -0.295. The van der Waals surface area contributed by atoms with Crippen LogP contribution in [0.25, 0.3) is 0 Å².